The molecular formula is C18H19N3O2. The van der Waals surface area contributed by atoms with E-state index >= 15 is 0 Å². The van der Waals surface area contributed by atoms with Crippen molar-refractivity contribution in [3.05, 3.63) is 42.5 Å². The van der Waals surface area contributed by atoms with Gasteiger partial charge in [-0.15, -0.1) is 0 Å². The molecule has 0 spiro atoms. The molecule has 118 valence electrons. The molecule has 5 heteroatoms. The van der Waals surface area contributed by atoms with E-state index in [4.69, 9.17) is 4.74 Å². The monoisotopic (exact) mass is 309 g/mol. The first-order valence-corrected chi connectivity index (χ1v) is 7.52. The summed E-state index contributed by atoms with van der Waals surface area (Å²) in [4.78, 5) is 11.8. The van der Waals surface area contributed by atoms with Gasteiger partial charge in [-0.2, -0.15) is 5.10 Å². The van der Waals surface area contributed by atoms with E-state index in [0.717, 1.165) is 27.8 Å². The third-order valence-electron chi connectivity index (χ3n) is 3.73. The second kappa shape index (κ2) is 6.12. The zero-order valence-electron chi connectivity index (χ0n) is 13.4. The van der Waals surface area contributed by atoms with E-state index in [-0.39, 0.29) is 11.8 Å². The normalized spacial score (nSPS) is 11.0. The number of aromatic amines is 1. The minimum absolute atomic E-state index is 0.0460. The van der Waals surface area contributed by atoms with Crippen molar-refractivity contribution in [3.8, 4) is 16.9 Å². The lowest BCUT2D eigenvalue weighted by atomic mass is 10.0. The number of carbonyl (C=O) groups is 1. The van der Waals surface area contributed by atoms with Crippen molar-refractivity contribution in [1.82, 2.24) is 10.2 Å². The SMILES string of the molecule is COc1cccc(-c2ccc3c(NC(=O)C(C)C)n[nH]c3c2)c1. The largest absolute Gasteiger partial charge is 0.497 e. The molecule has 2 aromatic carbocycles. The van der Waals surface area contributed by atoms with Crippen LogP contribution in [0, 0.1) is 5.92 Å². The van der Waals surface area contributed by atoms with Gasteiger partial charge in [0.25, 0.3) is 0 Å². The quantitative estimate of drug-likeness (QED) is 0.769. The molecule has 3 rings (SSSR count). The standard InChI is InChI=1S/C18H19N3O2/c1-11(2)18(22)19-17-15-8-7-13(10-16(15)20-21-17)12-5-4-6-14(9-12)23-3/h4-11H,1-3H3,(H2,19,20,21,22). The first-order valence-electron chi connectivity index (χ1n) is 7.52. The molecule has 0 aliphatic heterocycles. The van der Waals surface area contributed by atoms with Gasteiger partial charge in [-0.1, -0.05) is 32.0 Å². The van der Waals surface area contributed by atoms with Gasteiger partial charge in [0.1, 0.15) is 5.75 Å². The third-order valence-corrected chi connectivity index (χ3v) is 3.73. The fourth-order valence-corrected chi connectivity index (χ4v) is 2.36. The summed E-state index contributed by atoms with van der Waals surface area (Å²) in [5.41, 5.74) is 3.00. The minimum Gasteiger partial charge on any atom is -0.497 e. The molecule has 1 aromatic heterocycles. The van der Waals surface area contributed by atoms with Crippen molar-refractivity contribution in [2.24, 2.45) is 5.92 Å². The van der Waals surface area contributed by atoms with Crippen LogP contribution in [0.2, 0.25) is 0 Å². The van der Waals surface area contributed by atoms with Crippen molar-refractivity contribution in [3.63, 3.8) is 0 Å². The average molecular weight is 309 g/mol. The van der Waals surface area contributed by atoms with Crippen molar-refractivity contribution in [1.29, 1.82) is 0 Å². The zero-order valence-corrected chi connectivity index (χ0v) is 13.4. The first kappa shape index (κ1) is 15.1. The van der Waals surface area contributed by atoms with Crippen molar-refractivity contribution < 1.29 is 9.53 Å². The number of aromatic nitrogens is 2. The lowest BCUT2D eigenvalue weighted by Crippen LogP contribution is -2.18. The van der Waals surface area contributed by atoms with Crippen LogP contribution in [0.1, 0.15) is 13.8 Å². The Labute approximate surface area is 134 Å². The summed E-state index contributed by atoms with van der Waals surface area (Å²) in [5, 5.41) is 10.9. The Balaban J connectivity index is 1.96. The minimum atomic E-state index is -0.0854. The predicted octanol–water partition coefficient (Wildman–Crippen LogP) is 3.83. The van der Waals surface area contributed by atoms with Crippen LogP contribution < -0.4 is 10.1 Å². The second-order valence-corrected chi connectivity index (χ2v) is 5.71. The van der Waals surface area contributed by atoms with E-state index in [1.165, 1.54) is 0 Å². The lowest BCUT2D eigenvalue weighted by molar-refractivity contribution is -0.118. The second-order valence-electron chi connectivity index (χ2n) is 5.71. The number of carbonyl (C=O) groups excluding carboxylic acids is 1. The summed E-state index contributed by atoms with van der Waals surface area (Å²) in [6.07, 6.45) is 0. The number of anilines is 1. The number of rotatable bonds is 4. The summed E-state index contributed by atoms with van der Waals surface area (Å²) in [6.45, 7) is 3.70. The van der Waals surface area contributed by atoms with Gasteiger partial charge < -0.3 is 10.1 Å². The molecule has 0 saturated heterocycles. The van der Waals surface area contributed by atoms with Gasteiger partial charge in [0.05, 0.1) is 12.6 Å². The van der Waals surface area contributed by atoms with Gasteiger partial charge in [-0.3, -0.25) is 9.89 Å². The van der Waals surface area contributed by atoms with Gasteiger partial charge in [0, 0.05) is 11.3 Å². The Hall–Kier alpha value is -2.82. The topological polar surface area (TPSA) is 67.0 Å². The number of hydrogen-bond acceptors (Lipinski definition) is 3. The molecule has 0 fully saturated rings. The molecule has 0 unspecified atom stereocenters. The van der Waals surface area contributed by atoms with E-state index in [0.29, 0.717) is 5.82 Å². The molecule has 0 saturated carbocycles. The van der Waals surface area contributed by atoms with E-state index < -0.39 is 0 Å². The molecule has 0 aliphatic rings. The summed E-state index contributed by atoms with van der Waals surface area (Å²) in [7, 11) is 1.65. The summed E-state index contributed by atoms with van der Waals surface area (Å²) >= 11 is 0. The van der Waals surface area contributed by atoms with Crippen molar-refractivity contribution in [2.45, 2.75) is 13.8 Å². The number of nitrogens with one attached hydrogen (secondary N) is 2. The van der Waals surface area contributed by atoms with Crippen LogP contribution in [0.15, 0.2) is 42.5 Å². The van der Waals surface area contributed by atoms with Crippen LogP contribution in [0.3, 0.4) is 0 Å². The molecule has 3 aromatic rings. The van der Waals surface area contributed by atoms with Crippen LogP contribution in [-0.2, 0) is 4.79 Å². The van der Waals surface area contributed by atoms with E-state index in [2.05, 4.69) is 15.5 Å². The highest BCUT2D eigenvalue weighted by Crippen LogP contribution is 2.29. The highest BCUT2D eigenvalue weighted by atomic mass is 16.5. The summed E-state index contributed by atoms with van der Waals surface area (Å²) < 4.78 is 5.27. The third kappa shape index (κ3) is 3.04. The predicted molar refractivity (Wildman–Crippen MR) is 91.5 cm³/mol. The average Bonchev–Trinajstić information content (AvgIpc) is 2.97. The molecule has 5 nitrogen and oxygen atoms in total. The van der Waals surface area contributed by atoms with Crippen LogP contribution in [-0.4, -0.2) is 23.2 Å². The molecule has 0 radical (unpaired) electrons. The van der Waals surface area contributed by atoms with Crippen molar-refractivity contribution in [2.75, 3.05) is 12.4 Å². The highest BCUT2D eigenvalue weighted by molar-refractivity contribution is 6.01. The molecule has 1 amide bonds. The first-order chi connectivity index (χ1) is 11.1. The molecule has 0 atom stereocenters. The number of fused-ring (bicyclic) bond motifs is 1. The number of nitrogens with zero attached hydrogens (tertiary/aromatic N) is 1. The highest BCUT2D eigenvalue weighted by Gasteiger charge is 2.12. The van der Waals surface area contributed by atoms with Gasteiger partial charge in [0.15, 0.2) is 5.82 Å². The van der Waals surface area contributed by atoms with Crippen LogP contribution in [0.4, 0.5) is 5.82 Å². The molecule has 23 heavy (non-hydrogen) atoms. The number of ether oxygens (including phenoxy) is 1. The van der Waals surface area contributed by atoms with E-state index in [9.17, 15) is 4.79 Å². The molecule has 0 bridgehead atoms. The van der Waals surface area contributed by atoms with Crippen LogP contribution in [0.5, 0.6) is 5.75 Å². The zero-order chi connectivity index (χ0) is 16.4. The summed E-state index contributed by atoms with van der Waals surface area (Å²) in [5.74, 6) is 1.25. The van der Waals surface area contributed by atoms with Crippen LogP contribution in [0.25, 0.3) is 22.0 Å². The Kier molecular flexibility index (Phi) is 4.02. The number of H-pyrrole nitrogens is 1. The van der Waals surface area contributed by atoms with Crippen LogP contribution >= 0.6 is 0 Å². The Morgan fingerprint density at radius 2 is 1.96 bits per heavy atom. The molecule has 1 heterocycles. The number of hydrogen-bond donors (Lipinski definition) is 2. The van der Waals surface area contributed by atoms with Gasteiger partial charge in [-0.05, 0) is 35.4 Å². The fourth-order valence-electron chi connectivity index (χ4n) is 2.36. The maximum atomic E-state index is 11.8. The van der Waals surface area contributed by atoms with Crippen molar-refractivity contribution >= 4 is 22.6 Å². The molecular weight excluding hydrogens is 290 g/mol. The Morgan fingerprint density at radius 3 is 2.70 bits per heavy atom. The van der Waals surface area contributed by atoms with Gasteiger partial charge in [-0.25, -0.2) is 0 Å². The van der Waals surface area contributed by atoms with E-state index in [1.54, 1.807) is 7.11 Å². The Morgan fingerprint density at radius 1 is 1.17 bits per heavy atom. The fraction of sp³-hybridized carbons (Fsp3) is 0.222. The van der Waals surface area contributed by atoms with E-state index in [1.807, 2.05) is 56.3 Å². The maximum absolute atomic E-state index is 11.8. The lowest BCUT2D eigenvalue weighted by Gasteiger charge is -2.06. The molecule has 2 N–H and O–H groups in total. The Bertz CT molecular complexity index is 852. The number of benzene rings is 2. The maximum Gasteiger partial charge on any atom is 0.228 e. The number of amides is 1. The smallest absolute Gasteiger partial charge is 0.228 e. The number of methoxy groups -OCH3 is 1. The molecule has 0 aliphatic carbocycles. The van der Waals surface area contributed by atoms with Gasteiger partial charge in [0.2, 0.25) is 5.91 Å². The summed E-state index contributed by atoms with van der Waals surface area (Å²) in [6, 6.07) is 13.9. The van der Waals surface area contributed by atoms with Gasteiger partial charge >= 0.3 is 0 Å².